The van der Waals surface area contributed by atoms with E-state index in [-0.39, 0.29) is 18.9 Å². The Morgan fingerprint density at radius 3 is 2.64 bits per heavy atom. The van der Waals surface area contributed by atoms with Gasteiger partial charge in [-0.1, -0.05) is 41.9 Å². The maximum atomic E-state index is 12.0. The molecule has 4 nitrogen and oxygen atoms in total. The zero-order chi connectivity index (χ0) is 16.0. The predicted molar refractivity (Wildman–Crippen MR) is 88.8 cm³/mol. The number of rotatable bonds is 7. The summed E-state index contributed by atoms with van der Waals surface area (Å²) in [5.41, 5.74) is 1.67. The Hall–Kier alpha value is -1.56. The number of sulfonamides is 1. The van der Waals surface area contributed by atoms with Crippen LogP contribution in [0.4, 0.5) is 0 Å². The summed E-state index contributed by atoms with van der Waals surface area (Å²) in [6.45, 7) is 2.44. The van der Waals surface area contributed by atoms with Crippen LogP contribution in [0.2, 0.25) is 5.02 Å². The monoisotopic (exact) mass is 339 g/mol. The van der Waals surface area contributed by atoms with Gasteiger partial charge in [-0.05, 0) is 36.2 Å². The van der Waals surface area contributed by atoms with Gasteiger partial charge >= 0.3 is 0 Å². The van der Waals surface area contributed by atoms with E-state index in [4.69, 9.17) is 16.3 Å². The number of nitrogens with one attached hydrogen (secondary N) is 1. The summed E-state index contributed by atoms with van der Waals surface area (Å²) in [5.74, 6) is 0.661. The zero-order valence-electron chi connectivity index (χ0n) is 12.3. The van der Waals surface area contributed by atoms with E-state index in [9.17, 15) is 8.42 Å². The molecule has 0 aliphatic carbocycles. The Kier molecular flexibility index (Phi) is 5.83. The molecule has 0 amide bonds. The molecule has 22 heavy (non-hydrogen) atoms. The summed E-state index contributed by atoms with van der Waals surface area (Å²) >= 11 is 5.85. The molecular weight excluding hydrogens is 322 g/mol. The van der Waals surface area contributed by atoms with Gasteiger partial charge in [0.05, 0.1) is 5.75 Å². The first-order chi connectivity index (χ1) is 10.5. The second-order valence-corrected chi connectivity index (χ2v) is 7.14. The van der Waals surface area contributed by atoms with Crippen molar-refractivity contribution in [3.8, 4) is 5.75 Å². The molecule has 0 spiro atoms. The maximum Gasteiger partial charge on any atom is 0.215 e. The molecule has 2 aromatic carbocycles. The maximum absolute atomic E-state index is 12.0. The van der Waals surface area contributed by atoms with E-state index in [0.29, 0.717) is 10.6 Å². The van der Waals surface area contributed by atoms with Gasteiger partial charge in [0, 0.05) is 11.6 Å². The average Bonchev–Trinajstić information content (AvgIpc) is 2.45. The normalized spacial score (nSPS) is 11.4. The molecule has 0 aliphatic rings. The lowest BCUT2D eigenvalue weighted by atomic mass is 10.2. The van der Waals surface area contributed by atoms with Crippen LogP contribution in [0, 0.1) is 6.92 Å². The minimum absolute atomic E-state index is 0.0993. The number of ether oxygens (including phenoxy) is 1. The van der Waals surface area contributed by atoms with Crippen LogP contribution in [-0.2, 0) is 15.8 Å². The molecule has 0 unspecified atom stereocenters. The van der Waals surface area contributed by atoms with Gasteiger partial charge in [0.25, 0.3) is 0 Å². The molecule has 118 valence electrons. The van der Waals surface area contributed by atoms with Crippen LogP contribution in [0.5, 0.6) is 5.75 Å². The van der Waals surface area contributed by atoms with Crippen molar-refractivity contribution in [1.82, 2.24) is 4.72 Å². The van der Waals surface area contributed by atoms with Crippen LogP contribution in [0.1, 0.15) is 11.1 Å². The quantitative estimate of drug-likeness (QED) is 0.788. The molecule has 0 aromatic heterocycles. The van der Waals surface area contributed by atoms with E-state index in [2.05, 4.69) is 4.72 Å². The second-order valence-electron chi connectivity index (χ2n) is 4.90. The van der Waals surface area contributed by atoms with Gasteiger partial charge in [0.2, 0.25) is 10.0 Å². The number of halogens is 1. The minimum atomic E-state index is -3.40. The fourth-order valence-electron chi connectivity index (χ4n) is 1.97. The molecular formula is C16H18ClNO3S. The van der Waals surface area contributed by atoms with E-state index < -0.39 is 10.0 Å². The molecule has 0 radical (unpaired) electrons. The Balaban J connectivity index is 1.82. The van der Waals surface area contributed by atoms with Crippen LogP contribution in [-0.4, -0.2) is 21.6 Å². The molecule has 1 N–H and O–H groups in total. The molecule has 0 atom stereocenters. The molecule has 0 saturated heterocycles. The largest absolute Gasteiger partial charge is 0.492 e. The second kappa shape index (κ2) is 7.63. The van der Waals surface area contributed by atoms with Gasteiger partial charge in [-0.2, -0.15) is 0 Å². The molecule has 6 heteroatoms. The highest BCUT2D eigenvalue weighted by atomic mass is 35.5. The zero-order valence-corrected chi connectivity index (χ0v) is 13.8. The number of hydrogen-bond acceptors (Lipinski definition) is 3. The first-order valence-electron chi connectivity index (χ1n) is 6.86. The van der Waals surface area contributed by atoms with Gasteiger partial charge in [-0.3, -0.25) is 0 Å². The SMILES string of the molecule is Cc1ccccc1OCCNS(=O)(=O)Cc1cccc(Cl)c1. The van der Waals surface area contributed by atoms with E-state index in [0.717, 1.165) is 11.3 Å². The minimum Gasteiger partial charge on any atom is -0.492 e. The summed E-state index contributed by atoms with van der Waals surface area (Å²) in [5, 5.41) is 0.524. The summed E-state index contributed by atoms with van der Waals surface area (Å²) in [7, 11) is -3.40. The molecule has 0 fully saturated rings. The first-order valence-corrected chi connectivity index (χ1v) is 8.89. The van der Waals surface area contributed by atoms with E-state index in [1.54, 1.807) is 24.3 Å². The van der Waals surface area contributed by atoms with Crippen molar-refractivity contribution in [2.45, 2.75) is 12.7 Å². The van der Waals surface area contributed by atoms with Crippen molar-refractivity contribution in [1.29, 1.82) is 0 Å². The van der Waals surface area contributed by atoms with Crippen LogP contribution in [0.3, 0.4) is 0 Å². The van der Waals surface area contributed by atoms with E-state index in [1.165, 1.54) is 0 Å². The first kappa shape index (κ1) is 16.8. The van der Waals surface area contributed by atoms with E-state index >= 15 is 0 Å². The third-order valence-electron chi connectivity index (χ3n) is 3.02. The smallest absolute Gasteiger partial charge is 0.215 e. The summed E-state index contributed by atoms with van der Waals surface area (Å²) < 4.78 is 32.0. The molecule has 0 aliphatic heterocycles. The van der Waals surface area contributed by atoms with Crippen molar-refractivity contribution in [2.24, 2.45) is 0 Å². The highest BCUT2D eigenvalue weighted by Gasteiger charge is 2.11. The lowest BCUT2D eigenvalue weighted by Crippen LogP contribution is -2.29. The van der Waals surface area contributed by atoms with Crippen LogP contribution in [0.15, 0.2) is 48.5 Å². The molecule has 2 aromatic rings. The van der Waals surface area contributed by atoms with E-state index in [1.807, 2.05) is 31.2 Å². The number of para-hydroxylation sites is 1. The molecule has 0 saturated carbocycles. The van der Waals surface area contributed by atoms with Gasteiger partial charge in [0.1, 0.15) is 12.4 Å². The predicted octanol–water partition coefficient (Wildman–Crippen LogP) is 3.15. The number of aryl methyl sites for hydroxylation is 1. The fourth-order valence-corrected chi connectivity index (χ4v) is 3.30. The van der Waals surface area contributed by atoms with Crippen LogP contribution < -0.4 is 9.46 Å². The van der Waals surface area contributed by atoms with Gasteiger partial charge in [-0.15, -0.1) is 0 Å². The van der Waals surface area contributed by atoms with Gasteiger partial charge in [0.15, 0.2) is 0 Å². The third kappa shape index (κ3) is 5.33. The van der Waals surface area contributed by atoms with Gasteiger partial charge in [-0.25, -0.2) is 13.1 Å². The number of benzene rings is 2. The summed E-state index contributed by atoms with van der Waals surface area (Å²) in [6.07, 6.45) is 0. The average molecular weight is 340 g/mol. The Bertz CT molecular complexity index is 732. The Morgan fingerprint density at radius 1 is 1.14 bits per heavy atom. The van der Waals surface area contributed by atoms with Crippen molar-refractivity contribution in [2.75, 3.05) is 13.2 Å². The fraction of sp³-hybridized carbons (Fsp3) is 0.250. The number of hydrogen-bond donors (Lipinski definition) is 1. The summed E-state index contributed by atoms with van der Waals surface area (Å²) in [4.78, 5) is 0. The topological polar surface area (TPSA) is 55.4 Å². The lowest BCUT2D eigenvalue weighted by molar-refractivity contribution is 0.320. The van der Waals surface area contributed by atoms with Crippen molar-refractivity contribution in [3.63, 3.8) is 0 Å². The van der Waals surface area contributed by atoms with Crippen molar-refractivity contribution in [3.05, 3.63) is 64.7 Å². The Labute approximate surface area is 136 Å². The molecule has 0 heterocycles. The highest BCUT2D eigenvalue weighted by molar-refractivity contribution is 7.88. The lowest BCUT2D eigenvalue weighted by Gasteiger charge is -2.10. The van der Waals surface area contributed by atoms with Crippen LogP contribution in [0.25, 0.3) is 0 Å². The highest BCUT2D eigenvalue weighted by Crippen LogP contribution is 2.16. The molecule has 0 bridgehead atoms. The van der Waals surface area contributed by atoms with Crippen molar-refractivity contribution < 1.29 is 13.2 Å². The standard InChI is InChI=1S/C16H18ClNO3S/c1-13-5-2-3-8-16(13)21-10-9-18-22(19,20)12-14-6-4-7-15(17)11-14/h2-8,11,18H,9-10,12H2,1H3. The third-order valence-corrected chi connectivity index (χ3v) is 4.61. The molecule has 2 rings (SSSR count). The summed E-state index contributed by atoms with van der Waals surface area (Å²) in [6, 6.07) is 14.4. The van der Waals surface area contributed by atoms with Gasteiger partial charge < -0.3 is 4.74 Å². The van der Waals surface area contributed by atoms with Crippen molar-refractivity contribution >= 4 is 21.6 Å². The van der Waals surface area contributed by atoms with Crippen LogP contribution >= 0.6 is 11.6 Å². The Morgan fingerprint density at radius 2 is 1.91 bits per heavy atom.